The van der Waals surface area contributed by atoms with E-state index in [4.69, 9.17) is 4.74 Å². The van der Waals surface area contributed by atoms with Crippen molar-refractivity contribution in [3.8, 4) is 5.75 Å². The van der Waals surface area contributed by atoms with E-state index in [2.05, 4.69) is 15.6 Å². The van der Waals surface area contributed by atoms with Crippen molar-refractivity contribution < 1.29 is 9.53 Å². The van der Waals surface area contributed by atoms with Crippen LogP contribution < -0.4 is 15.4 Å². The number of rotatable bonds is 6. The molecule has 0 aliphatic heterocycles. The molecular formula is C15H19N3O2S. The van der Waals surface area contributed by atoms with Gasteiger partial charge in [-0.25, -0.2) is 4.98 Å². The van der Waals surface area contributed by atoms with E-state index in [1.807, 2.05) is 50.4 Å². The van der Waals surface area contributed by atoms with Gasteiger partial charge in [0.2, 0.25) is 5.91 Å². The van der Waals surface area contributed by atoms with Crippen LogP contribution in [-0.2, 0) is 4.79 Å². The number of ether oxygens (including phenoxy) is 1. The number of anilines is 2. The monoisotopic (exact) mass is 305 g/mol. The Hall–Kier alpha value is -2.08. The molecule has 0 bridgehead atoms. The van der Waals surface area contributed by atoms with Gasteiger partial charge in [-0.15, -0.1) is 11.3 Å². The van der Waals surface area contributed by atoms with Crippen LogP contribution in [0.3, 0.4) is 0 Å². The van der Waals surface area contributed by atoms with Gasteiger partial charge in [-0.05, 0) is 45.0 Å². The lowest BCUT2D eigenvalue weighted by atomic mass is 10.2. The first-order chi connectivity index (χ1) is 10.1. The number of nitrogens with zero attached hydrogens (tertiary/aromatic N) is 1. The summed E-state index contributed by atoms with van der Waals surface area (Å²) in [5.74, 6) is 0.705. The van der Waals surface area contributed by atoms with Crippen molar-refractivity contribution >= 4 is 28.1 Å². The van der Waals surface area contributed by atoms with Crippen molar-refractivity contribution in [1.82, 2.24) is 4.98 Å². The molecule has 0 radical (unpaired) electrons. The topological polar surface area (TPSA) is 63.2 Å². The third-order valence-corrected chi connectivity index (χ3v) is 3.67. The second-order valence-electron chi connectivity index (χ2n) is 4.61. The molecular weight excluding hydrogens is 286 g/mol. The molecule has 1 aromatic carbocycles. The first-order valence-corrected chi connectivity index (χ1v) is 7.69. The Morgan fingerprint density at radius 1 is 1.38 bits per heavy atom. The van der Waals surface area contributed by atoms with Crippen LogP contribution in [-0.4, -0.2) is 23.5 Å². The molecule has 0 aliphatic carbocycles. The molecule has 0 aliphatic rings. The van der Waals surface area contributed by atoms with Gasteiger partial charge in [-0.3, -0.25) is 4.79 Å². The summed E-state index contributed by atoms with van der Waals surface area (Å²) in [6, 6.07) is 7.18. The molecule has 0 fully saturated rings. The summed E-state index contributed by atoms with van der Waals surface area (Å²) in [4.78, 5) is 16.3. The number of amides is 1. The molecule has 112 valence electrons. The van der Waals surface area contributed by atoms with Gasteiger partial charge in [0.25, 0.3) is 0 Å². The summed E-state index contributed by atoms with van der Waals surface area (Å²) in [5.41, 5.74) is 1.78. The molecule has 1 aromatic heterocycles. The van der Waals surface area contributed by atoms with Gasteiger partial charge < -0.3 is 15.4 Å². The lowest BCUT2D eigenvalue weighted by Gasteiger charge is -2.14. The maximum absolute atomic E-state index is 12.1. The SMILES string of the molecule is CCOc1ccc(N[C@H](C)C(=O)Nc2nc(C)cs2)cc1. The third-order valence-electron chi connectivity index (χ3n) is 2.79. The van der Waals surface area contributed by atoms with Gasteiger partial charge in [-0.2, -0.15) is 0 Å². The second kappa shape index (κ2) is 7.08. The van der Waals surface area contributed by atoms with Crippen LogP contribution in [0.2, 0.25) is 0 Å². The van der Waals surface area contributed by atoms with Crippen LogP contribution in [0.15, 0.2) is 29.6 Å². The number of nitrogens with one attached hydrogen (secondary N) is 2. The van der Waals surface area contributed by atoms with Gasteiger partial charge in [0, 0.05) is 11.1 Å². The molecule has 0 saturated heterocycles. The van der Waals surface area contributed by atoms with E-state index in [1.54, 1.807) is 0 Å². The first kappa shape index (κ1) is 15.3. The van der Waals surface area contributed by atoms with Crippen LogP contribution in [0.5, 0.6) is 5.75 Å². The number of aryl methyl sites for hydroxylation is 1. The van der Waals surface area contributed by atoms with Gasteiger partial charge in [0.1, 0.15) is 11.8 Å². The fourth-order valence-corrected chi connectivity index (χ4v) is 2.45. The number of hydrogen-bond acceptors (Lipinski definition) is 5. The summed E-state index contributed by atoms with van der Waals surface area (Å²) in [6.07, 6.45) is 0. The van der Waals surface area contributed by atoms with E-state index >= 15 is 0 Å². The quantitative estimate of drug-likeness (QED) is 0.859. The lowest BCUT2D eigenvalue weighted by Crippen LogP contribution is -2.31. The minimum Gasteiger partial charge on any atom is -0.494 e. The Morgan fingerprint density at radius 3 is 2.67 bits per heavy atom. The predicted molar refractivity (Wildman–Crippen MR) is 86.2 cm³/mol. The van der Waals surface area contributed by atoms with Gasteiger partial charge >= 0.3 is 0 Å². The Morgan fingerprint density at radius 2 is 2.10 bits per heavy atom. The van der Waals surface area contributed by atoms with E-state index in [9.17, 15) is 4.79 Å². The van der Waals surface area contributed by atoms with Crippen LogP contribution >= 0.6 is 11.3 Å². The molecule has 1 amide bonds. The normalized spacial score (nSPS) is 11.8. The van der Waals surface area contributed by atoms with Crippen LogP contribution in [0.4, 0.5) is 10.8 Å². The third kappa shape index (κ3) is 4.46. The van der Waals surface area contributed by atoms with Gasteiger partial charge in [0.05, 0.1) is 12.3 Å². The highest BCUT2D eigenvalue weighted by Crippen LogP contribution is 2.18. The molecule has 1 atom stereocenters. The standard InChI is InChI=1S/C15H19N3O2S/c1-4-20-13-7-5-12(6-8-13)17-11(3)14(19)18-15-16-10(2)9-21-15/h5-9,11,17H,4H2,1-3H3,(H,16,18,19)/t11-/m1/s1. The molecule has 21 heavy (non-hydrogen) atoms. The van der Waals surface area contributed by atoms with Crippen molar-refractivity contribution in [3.05, 3.63) is 35.3 Å². The zero-order valence-electron chi connectivity index (χ0n) is 12.3. The average Bonchev–Trinajstić information content (AvgIpc) is 2.86. The molecule has 2 N–H and O–H groups in total. The Bertz CT molecular complexity index is 595. The van der Waals surface area contributed by atoms with Gasteiger partial charge in [-0.1, -0.05) is 0 Å². The Balaban J connectivity index is 1.90. The van der Waals surface area contributed by atoms with E-state index in [-0.39, 0.29) is 11.9 Å². The minimum atomic E-state index is -0.354. The largest absolute Gasteiger partial charge is 0.494 e. The number of aromatic nitrogens is 1. The first-order valence-electron chi connectivity index (χ1n) is 6.81. The second-order valence-corrected chi connectivity index (χ2v) is 5.46. The highest BCUT2D eigenvalue weighted by Gasteiger charge is 2.14. The molecule has 2 aromatic rings. The number of hydrogen-bond donors (Lipinski definition) is 2. The maximum atomic E-state index is 12.1. The van der Waals surface area contributed by atoms with Crippen molar-refractivity contribution in [2.45, 2.75) is 26.8 Å². The van der Waals surface area contributed by atoms with Crippen LogP contribution in [0.25, 0.3) is 0 Å². The van der Waals surface area contributed by atoms with Gasteiger partial charge in [0.15, 0.2) is 5.13 Å². The highest BCUT2D eigenvalue weighted by molar-refractivity contribution is 7.13. The number of carbonyl (C=O) groups is 1. The maximum Gasteiger partial charge on any atom is 0.248 e. The summed E-state index contributed by atoms with van der Waals surface area (Å²) in [7, 11) is 0. The molecule has 2 rings (SSSR count). The molecule has 6 heteroatoms. The van der Waals surface area contributed by atoms with E-state index in [0.717, 1.165) is 17.1 Å². The Labute approximate surface area is 128 Å². The smallest absolute Gasteiger partial charge is 0.248 e. The van der Waals surface area contributed by atoms with Crippen molar-refractivity contribution in [2.24, 2.45) is 0 Å². The van der Waals surface area contributed by atoms with E-state index in [0.29, 0.717) is 11.7 Å². The lowest BCUT2D eigenvalue weighted by molar-refractivity contribution is -0.116. The summed E-state index contributed by atoms with van der Waals surface area (Å²) in [5, 5.41) is 8.47. The van der Waals surface area contributed by atoms with Crippen molar-refractivity contribution in [2.75, 3.05) is 17.2 Å². The molecule has 0 saturated carbocycles. The average molecular weight is 305 g/mol. The molecule has 0 unspecified atom stereocenters. The zero-order valence-corrected chi connectivity index (χ0v) is 13.2. The molecule has 5 nitrogen and oxygen atoms in total. The highest BCUT2D eigenvalue weighted by atomic mass is 32.1. The predicted octanol–water partition coefficient (Wildman–Crippen LogP) is 3.29. The fourth-order valence-electron chi connectivity index (χ4n) is 1.75. The minimum absolute atomic E-state index is 0.113. The van der Waals surface area contributed by atoms with E-state index < -0.39 is 0 Å². The zero-order chi connectivity index (χ0) is 15.2. The van der Waals surface area contributed by atoms with Crippen molar-refractivity contribution in [1.29, 1.82) is 0 Å². The summed E-state index contributed by atoms with van der Waals surface area (Å²) >= 11 is 1.42. The number of carbonyl (C=O) groups excluding carboxylic acids is 1. The van der Waals surface area contributed by atoms with Crippen molar-refractivity contribution in [3.63, 3.8) is 0 Å². The summed E-state index contributed by atoms with van der Waals surface area (Å²) in [6.45, 7) is 6.29. The molecule has 0 spiro atoms. The van der Waals surface area contributed by atoms with Crippen LogP contribution in [0, 0.1) is 6.92 Å². The number of benzene rings is 1. The number of thiazole rings is 1. The fraction of sp³-hybridized carbons (Fsp3) is 0.333. The van der Waals surface area contributed by atoms with Crippen LogP contribution in [0.1, 0.15) is 19.5 Å². The van der Waals surface area contributed by atoms with E-state index in [1.165, 1.54) is 11.3 Å². The Kier molecular flexibility index (Phi) is 5.16. The molecule has 1 heterocycles. The summed E-state index contributed by atoms with van der Waals surface area (Å²) < 4.78 is 5.38.